The van der Waals surface area contributed by atoms with Crippen molar-refractivity contribution in [2.24, 2.45) is 0 Å². The molecule has 1 aromatic carbocycles. The molecular weight excluding hydrogens is 326 g/mol. The number of aromatic nitrogens is 1. The molecule has 0 unspecified atom stereocenters. The highest BCUT2D eigenvalue weighted by Gasteiger charge is 2.16. The lowest BCUT2D eigenvalue weighted by molar-refractivity contribution is 0.414. The summed E-state index contributed by atoms with van der Waals surface area (Å²) in [5.74, 6) is 0.921. The molecule has 0 aliphatic carbocycles. The van der Waals surface area contributed by atoms with Gasteiger partial charge in [0.2, 0.25) is 0 Å². The van der Waals surface area contributed by atoms with Gasteiger partial charge in [0.15, 0.2) is 0 Å². The maximum Gasteiger partial charge on any atom is 0.263 e. The first-order chi connectivity index (χ1) is 11.6. The lowest BCUT2D eigenvalue weighted by Gasteiger charge is -2.28. The molecule has 1 aromatic heterocycles. The SMILES string of the molecule is COc1ccc(S(=O)(=O)Nc2ccc(N3CCCCC3)cn2)cc1. The van der Waals surface area contributed by atoms with Crippen molar-refractivity contribution in [1.82, 2.24) is 4.98 Å². The van der Waals surface area contributed by atoms with Gasteiger partial charge < -0.3 is 9.64 Å². The highest BCUT2D eigenvalue weighted by molar-refractivity contribution is 7.92. The van der Waals surface area contributed by atoms with Crippen molar-refractivity contribution in [3.05, 3.63) is 42.6 Å². The Balaban J connectivity index is 1.72. The molecule has 0 bridgehead atoms. The summed E-state index contributed by atoms with van der Waals surface area (Å²) in [4.78, 5) is 6.69. The summed E-state index contributed by atoms with van der Waals surface area (Å²) in [6.45, 7) is 2.05. The third-order valence-corrected chi connectivity index (χ3v) is 5.45. The molecule has 0 spiro atoms. The first kappa shape index (κ1) is 16.6. The molecule has 1 N–H and O–H groups in total. The van der Waals surface area contributed by atoms with Crippen LogP contribution in [0, 0.1) is 0 Å². The number of piperidine rings is 1. The Morgan fingerprint density at radius 2 is 1.75 bits per heavy atom. The lowest BCUT2D eigenvalue weighted by Crippen LogP contribution is -2.29. The van der Waals surface area contributed by atoms with Gasteiger partial charge in [0.25, 0.3) is 10.0 Å². The van der Waals surface area contributed by atoms with Gasteiger partial charge in [-0.25, -0.2) is 13.4 Å². The molecule has 1 aliphatic heterocycles. The minimum atomic E-state index is -3.66. The second-order valence-electron chi connectivity index (χ2n) is 5.73. The molecular formula is C17H21N3O3S. The number of sulfonamides is 1. The topological polar surface area (TPSA) is 71.5 Å². The Bertz CT molecular complexity index is 768. The molecule has 0 saturated carbocycles. The van der Waals surface area contributed by atoms with E-state index in [9.17, 15) is 8.42 Å². The second kappa shape index (κ2) is 7.09. The van der Waals surface area contributed by atoms with E-state index in [1.165, 1.54) is 38.5 Å². The smallest absolute Gasteiger partial charge is 0.263 e. The highest BCUT2D eigenvalue weighted by atomic mass is 32.2. The summed E-state index contributed by atoms with van der Waals surface area (Å²) >= 11 is 0. The summed E-state index contributed by atoms with van der Waals surface area (Å²) in [6.07, 6.45) is 5.36. The fourth-order valence-corrected chi connectivity index (χ4v) is 3.75. The van der Waals surface area contributed by atoms with E-state index in [-0.39, 0.29) is 4.90 Å². The molecule has 3 rings (SSSR count). The first-order valence-corrected chi connectivity index (χ1v) is 9.45. The van der Waals surface area contributed by atoms with Gasteiger partial charge in [-0.15, -0.1) is 0 Å². The minimum Gasteiger partial charge on any atom is -0.497 e. The number of hydrogen-bond acceptors (Lipinski definition) is 5. The van der Waals surface area contributed by atoms with E-state index < -0.39 is 10.0 Å². The normalized spacial score (nSPS) is 15.1. The van der Waals surface area contributed by atoms with E-state index in [4.69, 9.17) is 4.74 Å². The number of anilines is 2. The van der Waals surface area contributed by atoms with Crippen LogP contribution in [0.15, 0.2) is 47.5 Å². The Morgan fingerprint density at radius 3 is 2.33 bits per heavy atom. The van der Waals surface area contributed by atoms with Crippen LogP contribution in [0.4, 0.5) is 11.5 Å². The zero-order chi connectivity index (χ0) is 17.0. The standard InChI is InChI=1S/C17H21N3O3S/c1-23-15-6-8-16(9-7-15)24(21,22)19-17-10-5-14(13-18-17)20-11-3-2-4-12-20/h5-10,13H,2-4,11-12H2,1H3,(H,18,19). The van der Waals surface area contributed by atoms with Crippen molar-refractivity contribution in [2.45, 2.75) is 24.2 Å². The van der Waals surface area contributed by atoms with Gasteiger partial charge in [0.05, 0.1) is 23.9 Å². The zero-order valence-electron chi connectivity index (χ0n) is 13.6. The third kappa shape index (κ3) is 3.79. The van der Waals surface area contributed by atoms with Gasteiger partial charge in [0, 0.05) is 13.1 Å². The van der Waals surface area contributed by atoms with Crippen molar-refractivity contribution >= 4 is 21.5 Å². The number of pyridine rings is 1. The fraction of sp³-hybridized carbons (Fsp3) is 0.353. The average molecular weight is 347 g/mol. The van der Waals surface area contributed by atoms with E-state index in [0.717, 1.165) is 18.8 Å². The average Bonchev–Trinajstić information content (AvgIpc) is 2.63. The molecule has 7 heteroatoms. The van der Waals surface area contributed by atoms with Crippen molar-refractivity contribution in [2.75, 3.05) is 29.8 Å². The maximum atomic E-state index is 12.4. The Hall–Kier alpha value is -2.28. The van der Waals surface area contributed by atoms with Crippen LogP contribution >= 0.6 is 0 Å². The molecule has 1 fully saturated rings. The third-order valence-electron chi connectivity index (χ3n) is 4.08. The predicted octanol–water partition coefficient (Wildman–Crippen LogP) is 2.88. The zero-order valence-corrected chi connectivity index (χ0v) is 14.4. The monoisotopic (exact) mass is 347 g/mol. The van der Waals surface area contributed by atoms with Gasteiger partial charge >= 0.3 is 0 Å². The molecule has 128 valence electrons. The fourth-order valence-electron chi connectivity index (χ4n) is 2.74. The van der Waals surface area contributed by atoms with Crippen LogP contribution in [0.5, 0.6) is 5.75 Å². The van der Waals surface area contributed by atoms with E-state index in [1.54, 1.807) is 24.4 Å². The van der Waals surface area contributed by atoms with Crippen LogP contribution < -0.4 is 14.4 Å². The van der Waals surface area contributed by atoms with Crippen molar-refractivity contribution in [1.29, 1.82) is 0 Å². The number of nitrogens with one attached hydrogen (secondary N) is 1. The molecule has 0 radical (unpaired) electrons. The van der Waals surface area contributed by atoms with Crippen LogP contribution in [0.1, 0.15) is 19.3 Å². The molecule has 6 nitrogen and oxygen atoms in total. The summed E-state index contributed by atoms with van der Waals surface area (Å²) in [5.41, 5.74) is 1.03. The highest BCUT2D eigenvalue weighted by Crippen LogP contribution is 2.22. The van der Waals surface area contributed by atoms with Crippen LogP contribution in [-0.2, 0) is 10.0 Å². The van der Waals surface area contributed by atoms with Crippen LogP contribution in [0.3, 0.4) is 0 Å². The first-order valence-electron chi connectivity index (χ1n) is 7.96. The number of rotatable bonds is 5. The van der Waals surface area contributed by atoms with Gasteiger partial charge in [-0.3, -0.25) is 4.72 Å². The van der Waals surface area contributed by atoms with Crippen molar-refractivity contribution in [3.63, 3.8) is 0 Å². The summed E-state index contributed by atoms with van der Waals surface area (Å²) < 4.78 is 32.3. The van der Waals surface area contributed by atoms with E-state index in [1.807, 2.05) is 6.07 Å². The van der Waals surface area contributed by atoms with Crippen molar-refractivity contribution < 1.29 is 13.2 Å². The van der Waals surface area contributed by atoms with Crippen LogP contribution in [-0.4, -0.2) is 33.6 Å². The minimum absolute atomic E-state index is 0.171. The van der Waals surface area contributed by atoms with E-state index in [2.05, 4.69) is 14.6 Å². The molecule has 24 heavy (non-hydrogen) atoms. The molecule has 1 saturated heterocycles. The number of ether oxygens (including phenoxy) is 1. The predicted molar refractivity (Wildman–Crippen MR) is 94.1 cm³/mol. The lowest BCUT2D eigenvalue weighted by atomic mass is 10.1. The van der Waals surface area contributed by atoms with Crippen LogP contribution in [0.25, 0.3) is 0 Å². The van der Waals surface area contributed by atoms with E-state index >= 15 is 0 Å². The van der Waals surface area contributed by atoms with E-state index in [0.29, 0.717) is 11.6 Å². The number of benzene rings is 1. The van der Waals surface area contributed by atoms with Gasteiger partial charge in [0.1, 0.15) is 11.6 Å². The maximum absolute atomic E-state index is 12.4. The van der Waals surface area contributed by atoms with Crippen LogP contribution in [0.2, 0.25) is 0 Å². The number of methoxy groups -OCH3 is 1. The van der Waals surface area contributed by atoms with Gasteiger partial charge in [-0.1, -0.05) is 0 Å². The Kier molecular flexibility index (Phi) is 4.89. The van der Waals surface area contributed by atoms with Crippen molar-refractivity contribution in [3.8, 4) is 5.75 Å². The Labute approximate surface area is 142 Å². The summed E-state index contributed by atoms with van der Waals surface area (Å²) in [5, 5.41) is 0. The second-order valence-corrected chi connectivity index (χ2v) is 7.41. The quantitative estimate of drug-likeness (QED) is 0.900. The number of nitrogens with zero attached hydrogens (tertiary/aromatic N) is 2. The number of hydrogen-bond donors (Lipinski definition) is 1. The molecule has 0 amide bonds. The summed E-state index contributed by atoms with van der Waals surface area (Å²) in [6, 6.07) is 9.84. The molecule has 2 aromatic rings. The Morgan fingerprint density at radius 1 is 1.04 bits per heavy atom. The summed E-state index contributed by atoms with van der Waals surface area (Å²) in [7, 11) is -2.12. The van der Waals surface area contributed by atoms with Gasteiger partial charge in [-0.2, -0.15) is 0 Å². The molecule has 2 heterocycles. The van der Waals surface area contributed by atoms with Gasteiger partial charge in [-0.05, 0) is 55.7 Å². The molecule has 1 aliphatic rings. The molecule has 0 atom stereocenters. The largest absolute Gasteiger partial charge is 0.497 e.